The van der Waals surface area contributed by atoms with Gasteiger partial charge in [-0.25, -0.2) is 9.18 Å². The van der Waals surface area contributed by atoms with Gasteiger partial charge in [-0.3, -0.25) is 4.79 Å². The lowest BCUT2D eigenvalue weighted by molar-refractivity contribution is 0.420. The van der Waals surface area contributed by atoms with Gasteiger partial charge in [0.15, 0.2) is 0 Å². The van der Waals surface area contributed by atoms with Crippen molar-refractivity contribution in [3.05, 3.63) is 74.7 Å². The summed E-state index contributed by atoms with van der Waals surface area (Å²) in [5.41, 5.74) is -0.0591. The summed E-state index contributed by atoms with van der Waals surface area (Å²) >= 11 is 0. The third kappa shape index (κ3) is 2.39. The second kappa shape index (κ2) is 5.99. The zero-order valence-electron chi connectivity index (χ0n) is 13.6. The summed E-state index contributed by atoms with van der Waals surface area (Å²) in [5.74, 6) is 0.0218. The number of hydrogen-bond donors (Lipinski definition) is 2. The van der Waals surface area contributed by atoms with Gasteiger partial charge in [-0.1, -0.05) is 24.3 Å². The van der Waals surface area contributed by atoms with Gasteiger partial charge < -0.3 is 14.7 Å². The molecule has 0 unspecified atom stereocenters. The highest BCUT2D eigenvalue weighted by Crippen LogP contribution is 2.29. The van der Waals surface area contributed by atoms with Crippen LogP contribution in [0.4, 0.5) is 4.39 Å². The Kier molecular flexibility index (Phi) is 3.65. The molecule has 0 saturated heterocycles. The molecule has 0 bridgehead atoms. The topological polar surface area (TPSA) is 92.2 Å². The summed E-state index contributed by atoms with van der Waals surface area (Å²) in [6.45, 7) is 0. The molecule has 2 N–H and O–H groups in total. The van der Waals surface area contributed by atoms with E-state index in [1.54, 1.807) is 24.3 Å². The van der Waals surface area contributed by atoms with E-state index in [1.807, 2.05) is 0 Å². The number of aromatic amines is 2. The maximum absolute atomic E-state index is 13.7. The van der Waals surface area contributed by atoms with E-state index in [-0.39, 0.29) is 11.1 Å². The number of benzene rings is 2. The van der Waals surface area contributed by atoms with Crippen LogP contribution in [0.25, 0.3) is 21.9 Å². The SMILES string of the molecule is COc1cccc2[nH]c3c(=O)n(/N=C/c4ccccc4F)c(=O)[nH]c3c12. The normalized spacial score (nSPS) is 11.6. The van der Waals surface area contributed by atoms with E-state index in [9.17, 15) is 14.0 Å². The molecule has 0 aliphatic rings. The van der Waals surface area contributed by atoms with Crippen LogP contribution in [0.2, 0.25) is 0 Å². The van der Waals surface area contributed by atoms with E-state index < -0.39 is 17.1 Å². The van der Waals surface area contributed by atoms with Gasteiger partial charge in [0, 0.05) is 5.56 Å². The molecular weight excluding hydrogens is 339 g/mol. The third-order valence-corrected chi connectivity index (χ3v) is 4.05. The lowest BCUT2D eigenvalue weighted by atomic mass is 10.2. The number of aromatic nitrogens is 3. The second-order valence-corrected chi connectivity index (χ2v) is 5.57. The number of halogens is 1. The van der Waals surface area contributed by atoms with Gasteiger partial charge in [0.2, 0.25) is 0 Å². The van der Waals surface area contributed by atoms with Gasteiger partial charge in [-0.2, -0.15) is 5.10 Å². The molecule has 0 atom stereocenters. The Morgan fingerprint density at radius 2 is 1.88 bits per heavy atom. The van der Waals surface area contributed by atoms with Crippen molar-refractivity contribution in [1.82, 2.24) is 14.6 Å². The third-order valence-electron chi connectivity index (χ3n) is 4.05. The number of rotatable bonds is 3. The summed E-state index contributed by atoms with van der Waals surface area (Å²) in [6, 6.07) is 11.2. The van der Waals surface area contributed by atoms with Crippen LogP contribution in [0.5, 0.6) is 5.75 Å². The van der Waals surface area contributed by atoms with Crippen LogP contribution in [0.15, 0.2) is 57.2 Å². The van der Waals surface area contributed by atoms with Gasteiger partial charge in [0.1, 0.15) is 17.1 Å². The number of H-pyrrole nitrogens is 2. The molecule has 4 aromatic rings. The van der Waals surface area contributed by atoms with Crippen LogP contribution >= 0.6 is 0 Å². The fourth-order valence-electron chi connectivity index (χ4n) is 2.83. The minimum absolute atomic E-state index is 0.164. The van der Waals surface area contributed by atoms with Crippen molar-refractivity contribution in [1.29, 1.82) is 0 Å². The lowest BCUT2D eigenvalue weighted by Crippen LogP contribution is -2.32. The van der Waals surface area contributed by atoms with Crippen molar-refractivity contribution in [2.45, 2.75) is 0 Å². The summed E-state index contributed by atoms with van der Waals surface area (Å²) in [5, 5.41) is 4.44. The maximum atomic E-state index is 13.7. The Morgan fingerprint density at radius 3 is 2.65 bits per heavy atom. The zero-order chi connectivity index (χ0) is 18.3. The highest BCUT2D eigenvalue weighted by Gasteiger charge is 2.15. The monoisotopic (exact) mass is 352 g/mol. The Labute approximate surface area is 145 Å². The number of ether oxygens (including phenoxy) is 1. The Hall–Kier alpha value is -3.68. The molecule has 0 aliphatic heterocycles. The zero-order valence-corrected chi connectivity index (χ0v) is 13.6. The average molecular weight is 352 g/mol. The van der Waals surface area contributed by atoms with Crippen LogP contribution in [0.1, 0.15) is 5.56 Å². The molecule has 8 heteroatoms. The maximum Gasteiger partial charge on any atom is 0.350 e. The highest BCUT2D eigenvalue weighted by molar-refractivity contribution is 6.07. The van der Waals surface area contributed by atoms with Crippen LogP contribution in [0, 0.1) is 5.82 Å². The van der Waals surface area contributed by atoms with Crippen LogP contribution in [-0.2, 0) is 0 Å². The van der Waals surface area contributed by atoms with Crippen LogP contribution in [-0.4, -0.2) is 28.0 Å². The quantitative estimate of drug-likeness (QED) is 0.554. The summed E-state index contributed by atoms with van der Waals surface area (Å²) in [7, 11) is 1.51. The fourth-order valence-corrected chi connectivity index (χ4v) is 2.83. The minimum atomic E-state index is -0.734. The standard InChI is InChI=1S/C18H13FN4O3/c1-26-13-8-4-7-12-14(13)15-16(21-12)17(24)23(18(25)22-15)20-9-10-5-2-3-6-11(10)19/h2-9,21H,1H3,(H,22,25)/b20-9+. The number of nitrogens with one attached hydrogen (secondary N) is 2. The molecule has 0 saturated carbocycles. The predicted molar refractivity (Wildman–Crippen MR) is 96.6 cm³/mol. The molecule has 4 rings (SSSR count). The van der Waals surface area contributed by atoms with Crippen molar-refractivity contribution in [3.8, 4) is 5.75 Å². The highest BCUT2D eigenvalue weighted by atomic mass is 19.1. The largest absolute Gasteiger partial charge is 0.496 e. The first-order valence-electron chi connectivity index (χ1n) is 7.73. The number of hydrogen-bond acceptors (Lipinski definition) is 4. The predicted octanol–water partition coefficient (Wildman–Crippen LogP) is 2.20. The molecule has 26 heavy (non-hydrogen) atoms. The molecule has 7 nitrogen and oxygen atoms in total. The van der Waals surface area contributed by atoms with Crippen molar-refractivity contribution < 1.29 is 9.13 Å². The van der Waals surface area contributed by atoms with E-state index in [0.29, 0.717) is 26.8 Å². The number of nitrogens with zero attached hydrogens (tertiary/aromatic N) is 2. The molecule has 130 valence electrons. The van der Waals surface area contributed by atoms with E-state index >= 15 is 0 Å². The minimum Gasteiger partial charge on any atom is -0.496 e. The van der Waals surface area contributed by atoms with Gasteiger partial charge >= 0.3 is 11.2 Å². The molecule has 2 heterocycles. The molecular formula is C18H13FN4O3. The Morgan fingerprint density at radius 1 is 1.08 bits per heavy atom. The van der Waals surface area contributed by atoms with E-state index in [2.05, 4.69) is 15.1 Å². The van der Waals surface area contributed by atoms with Crippen LogP contribution in [0.3, 0.4) is 0 Å². The Bertz CT molecular complexity index is 1280. The first kappa shape index (κ1) is 15.8. The fraction of sp³-hybridized carbons (Fsp3) is 0.0556. The van der Waals surface area contributed by atoms with Gasteiger partial charge in [0.05, 0.1) is 29.7 Å². The molecule has 0 amide bonds. The first-order valence-corrected chi connectivity index (χ1v) is 7.73. The average Bonchev–Trinajstić information content (AvgIpc) is 3.02. The summed E-state index contributed by atoms with van der Waals surface area (Å²) in [6.07, 6.45) is 1.13. The molecule has 0 spiro atoms. The smallest absolute Gasteiger partial charge is 0.350 e. The van der Waals surface area contributed by atoms with Crippen LogP contribution < -0.4 is 16.0 Å². The van der Waals surface area contributed by atoms with Crippen molar-refractivity contribution in [2.75, 3.05) is 7.11 Å². The van der Waals surface area contributed by atoms with E-state index in [0.717, 1.165) is 6.21 Å². The van der Waals surface area contributed by atoms with Gasteiger partial charge in [0.25, 0.3) is 0 Å². The van der Waals surface area contributed by atoms with Crippen molar-refractivity contribution in [2.24, 2.45) is 5.10 Å². The second-order valence-electron chi connectivity index (χ2n) is 5.57. The van der Waals surface area contributed by atoms with E-state index in [4.69, 9.17) is 4.74 Å². The molecule has 2 aromatic carbocycles. The summed E-state index contributed by atoms with van der Waals surface area (Å²) in [4.78, 5) is 30.6. The molecule has 0 radical (unpaired) electrons. The van der Waals surface area contributed by atoms with Gasteiger partial charge in [-0.05, 0) is 18.2 Å². The van der Waals surface area contributed by atoms with Crippen molar-refractivity contribution >= 4 is 28.2 Å². The molecule has 0 aliphatic carbocycles. The number of fused-ring (bicyclic) bond motifs is 3. The first-order chi connectivity index (χ1) is 12.6. The van der Waals surface area contributed by atoms with Gasteiger partial charge in [-0.15, -0.1) is 4.68 Å². The summed E-state index contributed by atoms with van der Waals surface area (Å²) < 4.78 is 19.6. The number of methoxy groups -OCH3 is 1. The van der Waals surface area contributed by atoms with Crippen molar-refractivity contribution in [3.63, 3.8) is 0 Å². The Balaban J connectivity index is 1.96. The molecule has 0 fully saturated rings. The van der Waals surface area contributed by atoms with E-state index in [1.165, 1.54) is 25.3 Å². The lowest BCUT2D eigenvalue weighted by Gasteiger charge is -2.01. The molecule has 2 aromatic heterocycles.